The summed E-state index contributed by atoms with van der Waals surface area (Å²) < 4.78 is 2.13. The number of hydrogen-bond donors (Lipinski definition) is 0. The lowest BCUT2D eigenvalue weighted by molar-refractivity contribution is -0.439. The summed E-state index contributed by atoms with van der Waals surface area (Å²) in [5, 5.41) is 0. The van der Waals surface area contributed by atoms with E-state index < -0.39 is 0 Å². The zero-order valence-electron chi connectivity index (χ0n) is 8.90. The molecule has 1 saturated heterocycles. The lowest BCUT2D eigenvalue weighted by atomic mass is 9.12. The Bertz CT molecular complexity index is 404. The highest BCUT2D eigenvalue weighted by atomic mass is 32.2. The van der Waals surface area contributed by atoms with Crippen LogP contribution in [-0.4, -0.2) is 22.0 Å². The molecule has 0 aromatic rings. The summed E-state index contributed by atoms with van der Waals surface area (Å²) in [6.45, 7) is 1.74. The quantitative estimate of drug-likeness (QED) is 0.582. The number of nitrogens with zero attached hydrogens (tertiary/aromatic N) is 1. The fraction of sp³-hybridized carbons (Fsp3) is 0.917. The van der Waals surface area contributed by atoms with Gasteiger partial charge in [-0.15, -0.1) is 0 Å². The third-order valence-electron chi connectivity index (χ3n) is 6.52. The molecular formula is C12H15NOS. The van der Waals surface area contributed by atoms with Crippen LogP contribution in [0.15, 0.2) is 0 Å². The van der Waals surface area contributed by atoms with Crippen LogP contribution in [0.25, 0.3) is 0 Å². The zero-order valence-corrected chi connectivity index (χ0v) is 9.72. The van der Waals surface area contributed by atoms with Crippen molar-refractivity contribution in [1.82, 2.24) is 4.31 Å². The molecule has 3 unspecified atom stereocenters. The van der Waals surface area contributed by atoms with Crippen LogP contribution in [0.1, 0.15) is 26.2 Å². The Hall–Kier alpha value is -0.180. The predicted molar refractivity (Wildman–Crippen MR) is 58.0 cm³/mol. The van der Waals surface area contributed by atoms with Crippen LogP contribution in [0.3, 0.4) is 0 Å². The molecular weight excluding hydrogens is 206 g/mol. The Labute approximate surface area is 93.9 Å². The van der Waals surface area contributed by atoms with Gasteiger partial charge in [0.25, 0.3) is 0 Å². The van der Waals surface area contributed by atoms with Crippen LogP contribution in [0.2, 0.25) is 0 Å². The average Bonchev–Trinajstić information content (AvgIpc) is 2.39. The fourth-order valence-electron chi connectivity index (χ4n) is 6.33. The zero-order chi connectivity index (χ0) is 10.00. The number of fused-ring (bicyclic) bond motifs is 1. The maximum absolute atomic E-state index is 11.6. The highest BCUT2D eigenvalue weighted by molar-refractivity contribution is 7.97. The van der Waals surface area contributed by atoms with Crippen LogP contribution in [0, 0.1) is 28.6 Å². The van der Waals surface area contributed by atoms with Gasteiger partial charge in [-0.05, 0) is 54.4 Å². The molecule has 4 saturated carbocycles. The first-order valence-electron chi connectivity index (χ1n) is 6.14. The van der Waals surface area contributed by atoms with E-state index in [-0.39, 0.29) is 0 Å². The van der Waals surface area contributed by atoms with Gasteiger partial charge in [0.1, 0.15) is 0 Å². The lowest BCUT2D eigenvalue weighted by Gasteiger charge is -2.92. The number of carbonyl (C=O) groups is 1. The summed E-state index contributed by atoms with van der Waals surface area (Å²) in [4.78, 5) is 11.6. The van der Waals surface area contributed by atoms with Crippen molar-refractivity contribution in [1.29, 1.82) is 0 Å². The number of rotatable bonds is 0. The maximum atomic E-state index is 11.6. The molecule has 3 heteroatoms. The van der Waals surface area contributed by atoms with Crippen LogP contribution in [-0.2, 0) is 4.79 Å². The molecule has 0 radical (unpaired) electrons. The van der Waals surface area contributed by atoms with E-state index in [2.05, 4.69) is 4.31 Å². The van der Waals surface area contributed by atoms with Gasteiger partial charge in [0.2, 0.25) is 5.91 Å². The lowest BCUT2D eigenvalue weighted by Crippen LogP contribution is -2.92. The van der Waals surface area contributed by atoms with Crippen molar-refractivity contribution in [2.45, 2.75) is 32.2 Å². The highest BCUT2D eigenvalue weighted by Crippen LogP contribution is 2.95. The summed E-state index contributed by atoms with van der Waals surface area (Å²) in [7, 11) is 0. The standard InChI is InChI=1S/C12H15NOS/c1-6(14)13-10-9-3-7-2-8-4-11(10,5-15-13)12(7,8)9/h7-10H,2-5H2,1H3/t7-,8?,9?,10-,11-,12?/m0/s1. The van der Waals surface area contributed by atoms with Crippen molar-refractivity contribution in [3.8, 4) is 0 Å². The summed E-state index contributed by atoms with van der Waals surface area (Å²) in [5.41, 5.74) is 1.40. The molecule has 1 aliphatic heterocycles. The van der Waals surface area contributed by atoms with E-state index in [1.165, 1.54) is 25.0 Å². The molecule has 0 aromatic carbocycles. The molecule has 0 N–H and O–H groups in total. The van der Waals surface area contributed by atoms with Gasteiger partial charge < -0.3 is 0 Å². The molecule has 0 bridgehead atoms. The van der Waals surface area contributed by atoms with Gasteiger partial charge in [-0.3, -0.25) is 9.10 Å². The molecule has 1 heterocycles. The summed E-state index contributed by atoms with van der Waals surface area (Å²) in [6, 6.07) is 0.646. The monoisotopic (exact) mass is 221 g/mol. The molecule has 5 rings (SSSR count). The summed E-state index contributed by atoms with van der Waals surface area (Å²) in [5.74, 6) is 4.60. The van der Waals surface area contributed by atoms with Crippen molar-refractivity contribution in [3.05, 3.63) is 0 Å². The minimum Gasteiger partial charge on any atom is -0.283 e. The molecule has 1 amide bonds. The molecule has 5 aliphatic rings. The van der Waals surface area contributed by atoms with Crippen molar-refractivity contribution in [3.63, 3.8) is 0 Å². The van der Waals surface area contributed by atoms with E-state index in [9.17, 15) is 4.79 Å². The molecule has 0 aromatic heterocycles. The minimum absolute atomic E-state index is 0.294. The maximum Gasteiger partial charge on any atom is 0.229 e. The van der Waals surface area contributed by atoms with Crippen LogP contribution in [0.4, 0.5) is 0 Å². The summed E-state index contributed by atoms with van der Waals surface area (Å²) >= 11 is 1.83. The van der Waals surface area contributed by atoms with Gasteiger partial charge in [0.05, 0.1) is 6.04 Å². The highest BCUT2D eigenvalue weighted by Gasteiger charge is 2.93. The topological polar surface area (TPSA) is 20.3 Å². The normalized spacial score (nSPS) is 66.3. The van der Waals surface area contributed by atoms with Crippen molar-refractivity contribution in [2.75, 3.05) is 5.75 Å². The third kappa shape index (κ3) is 0.474. The van der Waals surface area contributed by atoms with Gasteiger partial charge in [0, 0.05) is 18.1 Å². The largest absolute Gasteiger partial charge is 0.283 e. The van der Waals surface area contributed by atoms with Crippen molar-refractivity contribution >= 4 is 17.9 Å². The Balaban J connectivity index is 1.60. The molecule has 80 valence electrons. The first-order chi connectivity index (χ1) is 7.22. The van der Waals surface area contributed by atoms with Crippen LogP contribution in [0.5, 0.6) is 0 Å². The molecule has 2 nitrogen and oxygen atoms in total. The smallest absolute Gasteiger partial charge is 0.229 e. The second-order valence-corrected chi connectivity index (χ2v) is 7.27. The SMILES string of the molecule is CC(=O)N1SC[C@@]23CC4C[C@H]5CC([C@H]12)C453. The summed E-state index contributed by atoms with van der Waals surface area (Å²) in [6.07, 6.45) is 4.41. The minimum atomic E-state index is 0.294. The van der Waals surface area contributed by atoms with E-state index >= 15 is 0 Å². The van der Waals surface area contributed by atoms with E-state index in [0.29, 0.717) is 17.4 Å². The fourth-order valence-corrected chi connectivity index (χ4v) is 7.93. The van der Waals surface area contributed by atoms with Gasteiger partial charge in [0.15, 0.2) is 0 Å². The second-order valence-electron chi connectivity index (χ2n) is 6.33. The Morgan fingerprint density at radius 2 is 2.27 bits per heavy atom. The number of carbonyl (C=O) groups excluding carboxylic acids is 1. The second kappa shape index (κ2) is 1.87. The molecule has 4 aliphatic carbocycles. The van der Waals surface area contributed by atoms with Crippen molar-refractivity contribution < 1.29 is 4.79 Å². The Kier molecular flexibility index (Phi) is 0.998. The molecule has 6 atom stereocenters. The Morgan fingerprint density at radius 1 is 1.40 bits per heavy atom. The van der Waals surface area contributed by atoms with Gasteiger partial charge in [-0.2, -0.15) is 0 Å². The van der Waals surface area contributed by atoms with E-state index in [1.807, 2.05) is 11.9 Å². The molecule has 2 spiro atoms. The molecule has 5 fully saturated rings. The number of amides is 1. The van der Waals surface area contributed by atoms with Crippen LogP contribution < -0.4 is 0 Å². The van der Waals surface area contributed by atoms with Crippen LogP contribution >= 0.6 is 11.9 Å². The third-order valence-corrected chi connectivity index (χ3v) is 7.92. The van der Waals surface area contributed by atoms with Gasteiger partial charge in [-0.1, -0.05) is 0 Å². The van der Waals surface area contributed by atoms with Gasteiger partial charge in [-0.25, -0.2) is 0 Å². The first-order valence-corrected chi connectivity index (χ1v) is 7.09. The van der Waals surface area contributed by atoms with Gasteiger partial charge >= 0.3 is 0 Å². The Morgan fingerprint density at radius 3 is 2.93 bits per heavy atom. The van der Waals surface area contributed by atoms with E-state index in [4.69, 9.17) is 0 Å². The average molecular weight is 221 g/mol. The van der Waals surface area contributed by atoms with Crippen molar-refractivity contribution in [2.24, 2.45) is 28.6 Å². The predicted octanol–water partition coefficient (Wildman–Crippen LogP) is 1.91. The molecule has 15 heavy (non-hydrogen) atoms. The van der Waals surface area contributed by atoms with E-state index in [1.54, 1.807) is 6.92 Å². The number of hydrogen-bond acceptors (Lipinski definition) is 2. The van der Waals surface area contributed by atoms with E-state index in [0.717, 1.165) is 23.2 Å². The first kappa shape index (κ1) is 7.99.